The molecular weight excluding hydrogens is 172 g/mol. The number of benzene rings is 1. The maximum Gasteiger partial charge on any atom is 0.163 e. The van der Waals surface area contributed by atoms with E-state index < -0.39 is 0 Å². The lowest BCUT2D eigenvalue weighted by Crippen LogP contribution is -1.89. The van der Waals surface area contributed by atoms with Crippen LogP contribution in [0.5, 0.6) is 0 Å². The normalized spacial score (nSPS) is 21.2. The second kappa shape index (κ2) is 2.60. The van der Waals surface area contributed by atoms with Gasteiger partial charge in [0.1, 0.15) is 0 Å². The fraction of sp³-hybridized carbons (Fsp3) is 0.300. The largest absolute Gasteiger partial charge is 0.294 e. The van der Waals surface area contributed by atoms with E-state index in [4.69, 9.17) is 11.6 Å². The SMILES string of the molecule is CC1CC(=O)c2ccc(Cl)cc21. The first kappa shape index (κ1) is 7.81. The fourth-order valence-electron chi connectivity index (χ4n) is 1.69. The van der Waals surface area contributed by atoms with Gasteiger partial charge in [0.2, 0.25) is 0 Å². The van der Waals surface area contributed by atoms with Crippen molar-refractivity contribution < 1.29 is 4.79 Å². The van der Waals surface area contributed by atoms with Gasteiger partial charge in [-0.05, 0) is 29.7 Å². The van der Waals surface area contributed by atoms with Crippen molar-refractivity contribution in [3.8, 4) is 0 Å². The summed E-state index contributed by atoms with van der Waals surface area (Å²) in [6.45, 7) is 2.06. The first-order valence-corrected chi connectivity index (χ1v) is 4.39. The molecule has 1 aliphatic carbocycles. The first-order valence-electron chi connectivity index (χ1n) is 4.01. The zero-order valence-electron chi connectivity index (χ0n) is 6.80. The van der Waals surface area contributed by atoms with E-state index in [-0.39, 0.29) is 5.78 Å². The molecule has 62 valence electrons. The predicted octanol–water partition coefficient (Wildman–Crippen LogP) is 3.03. The van der Waals surface area contributed by atoms with Gasteiger partial charge >= 0.3 is 0 Å². The monoisotopic (exact) mass is 180 g/mol. The second-order valence-electron chi connectivity index (χ2n) is 3.26. The first-order chi connectivity index (χ1) is 5.68. The van der Waals surface area contributed by atoms with E-state index in [0.29, 0.717) is 12.3 Å². The van der Waals surface area contributed by atoms with Crippen LogP contribution in [0.4, 0.5) is 0 Å². The lowest BCUT2D eigenvalue weighted by Gasteiger charge is -2.01. The number of hydrogen-bond acceptors (Lipinski definition) is 1. The van der Waals surface area contributed by atoms with Crippen molar-refractivity contribution in [2.24, 2.45) is 0 Å². The van der Waals surface area contributed by atoms with Gasteiger partial charge in [-0.15, -0.1) is 0 Å². The fourth-order valence-corrected chi connectivity index (χ4v) is 1.87. The number of carbonyl (C=O) groups excluding carboxylic acids is 1. The number of halogens is 1. The predicted molar refractivity (Wildman–Crippen MR) is 48.8 cm³/mol. The molecule has 12 heavy (non-hydrogen) atoms. The van der Waals surface area contributed by atoms with Crippen LogP contribution in [-0.4, -0.2) is 5.78 Å². The zero-order chi connectivity index (χ0) is 8.72. The van der Waals surface area contributed by atoms with Gasteiger partial charge in [-0.1, -0.05) is 18.5 Å². The van der Waals surface area contributed by atoms with E-state index in [2.05, 4.69) is 6.92 Å². The van der Waals surface area contributed by atoms with Crippen LogP contribution in [0.3, 0.4) is 0 Å². The summed E-state index contributed by atoms with van der Waals surface area (Å²) in [6, 6.07) is 5.49. The van der Waals surface area contributed by atoms with Crippen LogP contribution >= 0.6 is 11.6 Å². The smallest absolute Gasteiger partial charge is 0.163 e. The van der Waals surface area contributed by atoms with Crippen LogP contribution in [0, 0.1) is 0 Å². The van der Waals surface area contributed by atoms with Crippen LogP contribution < -0.4 is 0 Å². The summed E-state index contributed by atoms with van der Waals surface area (Å²) in [5.74, 6) is 0.584. The molecule has 0 saturated carbocycles. The topological polar surface area (TPSA) is 17.1 Å². The van der Waals surface area contributed by atoms with Crippen LogP contribution in [0.2, 0.25) is 5.02 Å². The summed E-state index contributed by atoms with van der Waals surface area (Å²) in [4.78, 5) is 11.3. The van der Waals surface area contributed by atoms with E-state index in [1.165, 1.54) is 0 Å². The van der Waals surface area contributed by atoms with E-state index in [1.807, 2.05) is 12.1 Å². The van der Waals surface area contributed by atoms with E-state index in [0.717, 1.165) is 16.1 Å². The van der Waals surface area contributed by atoms with Crippen LogP contribution in [0.25, 0.3) is 0 Å². The summed E-state index contributed by atoms with van der Waals surface area (Å²) in [5.41, 5.74) is 1.96. The average molecular weight is 181 g/mol. The molecule has 1 unspecified atom stereocenters. The maximum atomic E-state index is 11.3. The molecule has 1 aliphatic rings. The van der Waals surface area contributed by atoms with Gasteiger partial charge in [0.15, 0.2) is 5.78 Å². The van der Waals surface area contributed by atoms with Crippen molar-refractivity contribution in [1.82, 2.24) is 0 Å². The highest BCUT2D eigenvalue weighted by Crippen LogP contribution is 2.33. The summed E-state index contributed by atoms with van der Waals surface area (Å²) in [6.07, 6.45) is 0.635. The van der Waals surface area contributed by atoms with Crippen LogP contribution in [0.15, 0.2) is 18.2 Å². The Labute approximate surface area is 76.4 Å². The number of rotatable bonds is 0. The van der Waals surface area contributed by atoms with Crippen molar-refractivity contribution in [3.63, 3.8) is 0 Å². The quantitative estimate of drug-likeness (QED) is 0.600. The highest BCUT2D eigenvalue weighted by atomic mass is 35.5. The summed E-state index contributed by atoms with van der Waals surface area (Å²) in [7, 11) is 0. The molecule has 0 saturated heterocycles. The molecule has 1 aromatic rings. The molecule has 1 aromatic carbocycles. The standard InChI is InChI=1S/C10H9ClO/c1-6-4-10(12)8-3-2-7(11)5-9(6)8/h2-3,5-6H,4H2,1H3. The molecular formula is C10H9ClO. The lowest BCUT2D eigenvalue weighted by atomic mass is 10.0. The van der Waals surface area contributed by atoms with Crippen molar-refractivity contribution in [2.45, 2.75) is 19.3 Å². The Morgan fingerprint density at radius 3 is 3.00 bits per heavy atom. The number of hydrogen-bond donors (Lipinski definition) is 0. The Morgan fingerprint density at radius 1 is 1.50 bits per heavy atom. The molecule has 0 N–H and O–H groups in total. The molecule has 0 radical (unpaired) electrons. The van der Waals surface area contributed by atoms with Gasteiger partial charge in [0, 0.05) is 17.0 Å². The Hall–Kier alpha value is -0.820. The van der Waals surface area contributed by atoms with Crippen molar-refractivity contribution in [1.29, 1.82) is 0 Å². The second-order valence-corrected chi connectivity index (χ2v) is 3.70. The highest BCUT2D eigenvalue weighted by Gasteiger charge is 2.25. The Morgan fingerprint density at radius 2 is 2.25 bits per heavy atom. The van der Waals surface area contributed by atoms with E-state index in [1.54, 1.807) is 6.07 Å². The Bertz CT molecular complexity index is 344. The minimum absolute atomic E-state index is 0.245. The molecule has 0 amide bonds. The van der Waals surface area contributed by atoms with Gasteiger partial charge in [-0.3, -0.25) is 4.79 Å². The van der Waals surface area contributed by atoms with Crippen LogP contribution in [-0.2, 0) is 0 Å². The van der Waals surface area contributed by atoms with Gasteiger partial charge in [0.05, 0.1) is 0 Å². The number of Topliss-reactive ketones (excluding diaryl/α,β-unsaturated/α-hetero) is 1. The molecule has 2 rings (SSSR count). The Kier molecular flexibility index (Phi) is 1.69. The van der Waals surface area contributed by atoms with E-state index in [9.17, 15) is 4.79 Å². The molecule has 0 spiro atoms. The molecule has 0 heterocycles. The summed E-state index contributed by atoms with van der Waals surface area (Å²) >= 11 is 5.83. The molecule has 0 fully saturated rings. The Balaban J connectivity index is 2.60. The van der Waals surface area contributed by atoms with Crippen molar-refractivity contribution in [2.75, 3.05) is 0 Å². The lowest BCUT2D eigenvalue weighted by molar-refractivity contribution is 0.0990. The third-order valence-electron chi connectivity index (χ3n) is 2.34. The third-order valence-corrected chi connectivity index (χ3v) is 2.57. The maximum absolute atomic E-state index is 11.3. The summed E-state index contributed by atoms with van der Waals surface area (Å²) in [5, 5.41) is 0.718. The molecule has 1 atom stereocenters. The summed E-state index contributed by atoms with van der Waals surface area (Å²) < 4.78 is 0. The van der Waals surface area contributed by atoms with Gasteiger partial charge in [-0.25, -0.2) is 0 Å². The number of ketones is 1. The van der Waals surface area contributed by atoms with Crippen molar-refractivity contribution >= 4 is 17.4 Å². The van der Waals surface area contributed by atoms with Gasteiger partial charge < -0.3 is 0 Å². The van der Waals surface area contributed by atoms with Crippen LogP contribution in [0.1, 0.15) is 35.2 Å². The highest BCUT2D eigenvalue weighted by molar-refractivity contribution is 6.30. The average Bonchev–Trinajstić information content (AvgIpc) is 2.28. The van der Waals surface area contributed by atoms with Gasteiger partial charge in [-0.2, -0.15) is 0 Å². The van der Waals surface area contributed by atoms with Gasteiger partial charge in [0.25, 0.3) is 0 Å². The zero-order valence-corrected chi connectivity index (χ0v) is 7.56. The molecule has 0 bridgehead atoms. The number of carbonyl (C=O) groups is 1. The molecule has 0 aliphatic heterocycles. The minimum atomic E-state index is 0.245. The molecule has 1 nitrogen and oxygen atoms in total. The van der Waals surface area contributed by atoms with E-state index >= 15 is 0 Å². The molecule has 0 aromatic heterocycles. The number of fused-ring (bicyclic) bond motifs is 1. The van der Waals surface area contributed by atoms with Crippen molar-refractivity contribution in [3.05, 3.63) is 34.3 Å². The minimum Gasteiger partial charge on any atom is -0.294 e. The molecule has 2 heteroatoms. The third kappa shape index (κ3) is 1.05.